The molecular formula is C11H20N2O. The number of amides is 1. The van der Waals surface area contributed by atoms with Gasteiger partial charge in [-0.05, 0) is 38.6 Å². The zero-order valence-electron chi connectivity index (χ0n) is 9.01. The highest BCUT2D eigenvalue weighted by atomic mass is 16.2. The maximum atomic E-state index is 11.6. The molecule has 0 aromatic rings. The molecule has 0 aromatic carbocycles. The van der Waals surface area contributed by atoms with Gasteiger partial charge in [0.05, 0.1) is 5.54 Å². The van der Waals surface area contributed by atoms with E-state index in [0.717, 1.165) is 19.6 Å². The van der Waals surface area contributed by atoms with Crippen molar-refractivity contribution in [2.75, 3.05) is 19.6 Å². The van der Waals surface area contributed by atoms with Gasteiger partial charge in [-0.1, -0.05) is 0 Å². The highest BCUT2D eigenvalue weighted by molar-refractivity contribution is 5.74. The van der Waals surface area contributed by atoms with Crippen molar-refractivity contribution in [3.05, 3.63) is 0 Å². The summed E-state index contributed by atoms with van der Waals surface area (Å²) < 4.78 is 0. The van der Waals surface area contributed by atoms with Crippen molar-refractivity contribution in [1.82, 2.24) is 10.2 Å². The summed E-state index contributed by atoms with van der Waals surface area (Å²) in [6.45, 7) is 4.80. The Hall–Kier alpha value is -0.570. The number of nitrogens with one attached hydrogen (secondary N) is 1. The first-order valence-electron chi connectivity index (χ1n) is 5.74. The summed E-state index contributed by atoms with van der Waals surface area (Å²) in [4.78, 5) is 13.7. The quantitative estimate of drug-likeness (QED) is 0.630. The predicted octanol–water partition coefficient (Wildman–Crippen LogP) is 1.14. The number of likely N-dealkylation sites (tertiary alicyclic amines) is 1. The number of hydrogen-bond acceptors (Lipinski definition) is 2. The standard InChI is InChI=1S/C11H20N2O/c1-10(14)13-8-3-2-5-11(13)6-4-7-12-9-11/h12H,2-9H2,1H3. The minimum atomic E-state index is 0.169. The number of carbonyl (C=O) groups is 1. The van der Waals surface area contributed by atoms with Gasteiger partial charge in [0.1, 0.15) is 0 Å². The normalized spacial score (nSPS) is 33.4. The molecule has 2 fully saturated rings. The Bertz CT molecular complexity index is 213. The summed E-state index contributed by atoms with van der Waals surface area (Å²) in [5, 5.41) is 3.44. The minimum absolute atomic E-state index is 0.169. The average Bonchev–Trinajstić information content (AvgIpc) is 2.19. The topological polar surface area (TPSA) is 32.3 Å². The SMILES string of the molecule is CC(=O)N1CCCCC12CCCNC2. The molecular weight excluding hydrogens is 176 g/mol. The Labute approximate surface area is 85.8 Å². The lowest BCUT2D eigenvalue weighted by atomic mass is 9.80. The molecule has 3 nitrogen and oxygen atoms in total. The Morgan fingerprint density at radius 2 is 2.07 bits per heavy atom. The van der Waals surface area contributed by atoms with Crippen LogP contribution in [0.1, 0.15) is 39.0 Å². The largest absolute Gasteiger partial charge is 0.336 e. The summed E-state index contributed by atoms with van der Waals surface area (Å²) in [6.07, 6.45) is 6.07. The van der Waals surface area contributed by atoms with Crippen molar-refractivity contribution in [2.45, 2.75) is 44.6 Å². The van der Waals surface area contributed by atoms with E-state index in [1.54, 1.807) is 6.92 Å². The van der Waals surface area contributed by atoms with Crippen LogP contribution in [0.15, 0.2) is 0 Å². The second-order valence-corrected chi connectivity index (χ2v) is 4.63. The first-order chi connectivity index (χ1) is 6.75. The van der Waals surface area contributed by atoms with E-state index < -0.39 is 0 Å². The van der Waals surface area contributed by atoms with Crippen LogP contribution in [-0.2, 0) is 4.79 Å². The number of rotatable bonds is 0. The predicted molar refractivity (Wildman–Crippen MR) is 56.1 cm³/mol. The van der Waals surface area contributed by atoms with E-state index in [1.807, 2.05) is 0 Å². The van der Waals surface area contributed by atoms with Crippen LogP contribution in [0.3, 0.4) is 0 Å². The van der Waals surface area contributed by atoms with Gasteiger partial charge in [-0.25, -0.2) is 0 Å². The lowest BCUT2D eigenvalue weighted by Crippen LogP contribution is -2.61. The van der Waals surface area contributed by atoms with Gasteiger partial charge in [0, 0.05) is 20.0 Å². The van der Waals surface area contributed by atoms with E-state index in [9.17, 15) is 4.79 Å². The smallest absolute Gasteiger partial charge is 0.219 e. The van der Waals surface area contributed by atoms with Crippen LogP contribution >= 0.6 is 0 Å². The van der Waals surface area contributed by atoms with Gasteiger partial charge in [0.25, 0.3) is 0 Å². The fraction of sp³-hybridized carbons (Fsp3) is 0.909. The zero-order chi connectivity index (χ0) is 10.0. The fourth-order valence-electron chi connectivity index (χ4n) is 2.98. The third-order valence-corrected chi connectivity index (χ3v) is 3.68. The summed E-state index contributed by atoms with van der Waals surface area (Å²) in [5.74, 6) is 0.258. The Balaban J connectivity index is 2.14. The van der Waals surface area contributed by atoms with Gasteiger partial charge >= 0.3 is 0 Å². The monoisotopic (exact) mass is 196 g/mol. The molecule has 2 saturated heterocycles. The Kier molecular flexibility index (Phi) is 2.77. The van der Waals surface area contributed by atoms with Gasteiger partial charge in [-0.3, -0.25) is 4.79 Å². The summed E-state index contributed by atoms with van der Waals surface area (Å²) in [7, 11) is 0. The van der Waals surface area contributed by atoms with Gasteiger partial charge < -0.3 is 10.2 Å². The maximum absolute atomic E-state index is 11.6. The van der Waals surface area contributed by atoms with Crippen molar-refractivity contribution in [1.29, 1.82) is 0 Å². The van der Waals surface area contributed by atoms with Crippen LogP contribution in [0.4, 0.5) is 0 Å². The molecule has 1 N–H and O–H groups in total. The first kappa shape index (κ1) is 9.97. The van der Waals surface area contributed by atoms with Crippen molar-refractivity contribution in [2.24, 2.45) is 0 Å². The van der Waals surface area contributed by atoms with Crippen molar-refractivity contribution >= 4 is 5.91 Å². The maximum Gasteiger partial charge on any atom is 0.219 e. The number of nitrogens with zero attached hydrogens (tertiary/aromatic N) is 1. The minimum Gasteiger partial charge on any atom is -0.336 e. The molecule has 1 unspecified atom stereocenters. The highest BCUT2D eigenvalue weighted by Gasteiger charge is 2.40. The molecule has 80 valence electrons. The van der Waals surface area contributed by atoms with E-state index in [-0.39, 0.29) is 11.4 Å². The molecule has 2 rings (SSSR count). The van der Waals surface area contributed by atoms with Crippen LogP contribution in [-0.4, -0.2) is 36.0 Å². The average molecular weight is 196 g/mol. The number of piperidine rings is 2. The molecule has 0 radical (unpaired) electrons. The van der Waals surface area contributed by atoms with E-state index >= 15 is 0 Å². The van der Waals surface area contributed by atoms with Crippen LogP contribution in [0, 0.1) is 0 Å². The highest BCUT2D eigenvalue weighted by Crippen LogP contribution is 2.33. The number of hydrogen-bond donors (Lipinski definition) is 1. The van der Waals surface area contributed by atoms with E-state index in [2.05, 4.69) is 10.2 Å². The molecule has 14 heavy (non-hydrogen) atoms. The van der Waals surface area contributed by atoms with Crippen molar-refractivity contribution in [3.63, 3.8) is 0 Å². The van der Waals surface area contributed by atoms with Gasteiger partial charge in [-0.15, -0.1) is 0 Å². The molecule has 1 amide bonds. The zero-order valence-corrected chi connectivity index (χ0v) is 9.01. The third kappa shape index (κ3) is 1.65. The molecule has 2 aliphatic rings. The Morgan fingerprint density at radius 1 is 1.29 bits per heavy atom. The van der Waals surface area contributed by atoms with E-state index in [1.165, 1.54) is 32.1 Å². The van der Waals surface area contributed by atoms with Crippen LogP contribution in [0.2, 0.25) is 0 Å². The molecule has 2 heterocycles. The van der Waals surface area contributed by atoms with E-state index in [0.29, 0.717) is 0 Å². The molecule has 2 aliphatic heterocycles. The fourth-order valence-corrected chi connectivity index (χ4v) is 2.98. The van der Waals surface area contributed by atoms with Crippen LogP contribution < -0.4 is 5.32 Å². The lowest BCUT2D eigenvalue weighted by Gasteiger charge is -2.49. The van der Waals surface area contributed by atoms with Crippen molar-refractivity contribution in [3.8, 4) is 0 Å². The summed E-state index contributed by atoms with van der Waals surface area (Å²) >= 11 is 0. The van der Waals surface area contributed by atoms with E-state index in [4.69, 9.17) is 0 Å². The van der Waals surface area contributed by atoms with Crippen LogP contribution in [0.5, 0.6) is 0 Å². The number of carbonyl (C=O) groups excluding carboxylic acids is 1. The van der Waals surface area contributed by atoms with Crippen LogP contribution in [0.25, 0.3) is 0 Å². The molecule has 1 spiro atoms. The third-order valence-electron chi connectivity index (χ3n) is 3.68. The lowest BCUT2D eigenvalue weighted by molar-refractivity contribution is -0.138. The molecule has 0 bridgehead atoms. The summed E-state index contributed by atoms with van der Waals surface area (Å²) in [5.41, 5.74) is 0.169. The van der Waals surface area contributed by atoms with Gasteiger partial charge in [0.2, 0.25) is 5.91 Å². The second-order valence-electron chi connectivity index (χ2n) is 4.63. The van der Waals surface area contributed by atoms with Gasteiger partial charge in [0.15, 0.2) is 0 Å². The molecule has 0 aliphatic carbocycles. The molecule has 1 atom stereocenters. The summed E-state index contributed by atoms with van der Waals surface area (Å²) in [6, 6.07) is 0. The van der Waals surface area contributed by atoms with Gasteiger partial charge in [-0.2, -0.15) is 0 Å². The molecule has 3 heteroatoms. The van der Waals surface area contributed by atoms with Crippen molar-refractivity contribution < 1.29 is 4.79 Å². The first-order valence-corrected chi connectivity index (χ1v) is 5.74. The second kappa shape index (κ2) is 3.89. The Morgan fingerprint density at radius 3 is 2.71 bits per heavy atom. The molecule has 0 saturated carbocycles. The molecule has 0 aromatic heterocycles.